The van der Waals surface area contributed by atoms with Crippen LogP contribution in [-0.2, 0) is 14.6 Å². The maximum atomic E-state index is 12.2. The summed E-state index contributed by atoms with van der Waals surface area (Å²) in [6.45, 7) is 0. The van der Waals surface area contributed by atoms with Gasteiger partial charge in [-0.2, -0.15) is 0 Å². The quantitative estimate of drug-likeness (QED) is 0.664. The maximum Gasteiger partial charge on any atom is 0.352 e. The average Bonchev–Trinajstić information content (AvgIpc) is 2.84. The first-order chi connectivity index (χ1) is 10.9. The number of rotatable bonds is 3. The molecule has 23 heavy (non-hydrogen) atoms. The second kappa shape index (κ2) is 6.04. The predicted octanol–water partition coefficient (Wildman–Crippen LogP) is 2.29. The lowest BCUT2D eigenvalue weighted by Crippen LogP contribution is -2.20. The van der Waals surface area contributed by atoms with E-state index in [1.807, 2.05) is 0 Å². The van der Waals surface area contributed by atoms with Gasteiger partial charge in [0.1, 0.15) is 10.9 Å². The number of nitrogens with zero attached hydrogens (tertiary/aromatic N) is 2. The third kappa shape index (κ3) is 3.30. The summed E-state index contributed by atoms with van der Waals surface area (Å²) in [5.74, 6) is -0.857. The number of sulfone groups is 1. The molecule has 0 radical (unpaired) electrons. The van der Waals surface area contributed by atoms with Crippen LogP contribution in [0.2, 0.25) is 0 Å². The van der Waals surface area contributed by atoms with Crippen molar-refractivity contribution in [1.29, 1.82) is 0 Å². The number of aromatic hydroxyl groups is 1. The van der Waals surface area contributed by atoms with Crippen molar-refractivity contribution >= 4 is 37.4 Å². The topological polar surface area (TPSA) is 106 Å². The number of carbonyl (C=O) groups is 1. The highest BCUT2D eigenvalue weighted by Crippen LogP contribution is 2.36. The van der Waals surface area contributed by atoms with Crippen molar-refractivity contribution in [3.63, 3.8) is 0 Å². The second-order valence-electron chi connectivity index (χ2n) is 5.59. The molecule has 9 heteroatoms. The SMILES string of the molecule is CS(=O)(=O)c1ncc2c(O)c(C(=O)OC3CCCCC3)sc2n1. The van der Waals surface area contributed by atoms with Crippen LogP contribution in [0, 0.1) is 0 Å². The summed E-state index contributed by atoms with van der Waals surface area (Å²) in [4.78, 5) is 20.2. The lowest BCUT2D eigenvalue weighted by atomic mass is 9.98. The number of fused-ring (bicyclic) bond motifs is 1. The van der Waals surface area contributed by atoms with Crippen molar-refractivity contribution in [1.82, 2.24) is 9.97 Å². The zero-order valence-electron chi connectivity index (χ0n) is 12.5. The normalized spacial score (nSPS) is 16.6. The second-order valence-corrected chi connectivity index (χ2v) is 8.50. The lowest BCUT2D eigenvalue weighted by Gasteiger charge is -2.21. The Morgan fingerprint density at radius 2 is 2.04 bits per heavy atom. The monoisotopic (exact) mass is 356 g/mol. The van der Waals surface area contributed by atoms with Gasteiger partial charge in [0, 0.05) is 12.5 Å². The number of hydrogen-bond donors (Lipinski definition) is 1. The molecular formula is C14H16N2O5S2. The first-order valence-electron chi connectivity index (χ1n) is 7.26. The molecule has 0 unspecified atom stereocenters. The van der Waals surface area contributed by atoms with E-state index in [-0.39, 0.29) is 32.1 Å². The molecule has 124 valence electrons. The van der Waals surface area contributed by atoms with Crippen LogP contribution in [0.5, 0.6) is 5.75 Å². The van der Waals surface area contributed by atoms with Crippen molar-refractivity contribution in [3.05, 3.63) is 11.1 Å². The molecule has 2 heterocycles. The Balaban J connectivity index is 1.91. The predicted molar refractivity (Wildman–Crippen MR) is 84.5 cm³/mol. The summed E-state index contributed by atoms with van der Waals surface area (Å²) in [5.41, 5.74) is 0. The number of carbonyl (C=O) groups excluding carboxylic acids is 1. The van der Waals surface area contributed by atoms with Crippen molar-refractivity contribution in [2.24, 2.45) is 0 Å². The summed E-state index contributed by atoms with van der Waals surface area (Å²) in [7, 11) is -3.55. The Hall–Kier alpha value is -1.74. The van der Waals surface area contributed by atoms with E-state index in [0.29, 0.717) is 0 Å². The molecule has 1 saturated carbocycles. The highest BCUT2D eigenvalue weighted by molar-refractivity contribution is 7.90. The number of thiophene rings is 1. The van der Waals surface area contributed by atoms with Crippen molar-refractivity contribution < 1.29 is 23.1 Å². The van der Waals surface area contributed by atoms with Crippen LogP contribution >= 0.6 is 11.3 Å². The van der Waals surface area contributed by atoms with Gasteiger partial charge in [-0.1, -0.05) is 6.42 Å². The molecule has 1 aliphatic rings. The van der Waals surface area contributed by atoms with Crippen LogP contribution in [0.4, 0.5) is 0 Å². The number of hydrogen-bond acceptors (Lipinski definition) is 8. The van der Waals surface area contributed by atoms with Crippen LogP contribution in [-0.4, -0.2) is 41.8 Å². The molecule has 0 saturated heterocycles. The number of aromatic nitrogens is 2. The van der Waals surface area contributed by atoms with Gasteiger partial charge in [0.2, 0.25) is 15.0 Å². The zero-order valence-corrected chi connectivity index (χ0v) is 14.1. The molecular weight excluding hydrogens is 340 g/mol. The number of ether oxygens (including phenoxy) is 1. The summed E-state index contributed by atoms with van der Waals surface area (Å²) < 4.78 is 28.4. The van der Waals surface area contributed by atoms with Crippen molar-refractivity contribution in [2.75, 3.05) is 6.26 Å². The summed E-state index contributed by atoms with van der Waals surface area (Å²) >= 11 is 0.911. The average molecular weight is 356 g/mol. The maximum absolute atomic E-state index is 12.2. The largest absolute Gasteiger partial charge is 0.505 e. The minimum atomic E-state index is -3.55. The molecule has 0 spiro atoms. The molecule has 1 aliphatic carbocycles. The summed E-state index contributed by atoms with van der Waals surface area (Å²) in [6.07, 6.45) is 6.94. The van der Waals surface area contributed by atoms with Crippen LogP contribution in [0.3, 0.4) is 0 Å². The van der Waals surface area contributed by atoms with E-state index in [0.717, 1.165) is 49.7 Å². The molecule has 2 aromatic rings. The van der Waals surface area contributed by atoms with E-state index in [1.165, 1.54) is 6.20 Å². The molecule has 0 atom stereocenters. The standard InChI is InChI=1S/C14H16N2O5S2/c1-23(19,20)14-15-7-9-10(17)11(22-12(9)16-14)13(18)21-8-5-3-2-4-6-8/h7-8,17H,2-6H2,1H3. The van der Waals surface area contributed by atoms with Gasteiger partial charge in [-0.15, -0.1) is 11.3 Å². The van der Waals surface area contributed by atoms with E-state index in [4.69, 9.17) is 4.74 Å². The third-order valence-corrected chi connectivity index (χ3v) is 5.67. The van der Waals surface area contributed by atoms with Gasteiger partial charge >= 0.3 is 5.97 Å². The highest BCUT2D eigenvalue weighted by atomic mass is 32.2. The Morgan fingerprint density at radius 1 is 1.35 bits per heavy atom. The van der Waals surface area contributed by atoms with Crippen LogP contribution in [0.25, 0.3) is 10.2 Å². The van der Waals surface area contributed by atoms with Crippen LogP contribution in [0.1, 0.15) is 41.8 Å². The fourth-order valence-corrected chi connectivity index (χ4v) is 4.05. The zero-order chi connectivity index (χ0) is 16.6. The van der Waals surface area contributed by atoms with Crippen molar-refractivity contribution in [3.8, 4) is 5.75 Å². The molecule has 0 aliphatic heterocycles. The van der Waals surface area contributed by atoms with Gasteiger partial charge in [-0.3, -0.25) is 0 Å². The van der Waals surface area contributed by atoms with E-state index >= 15 is 0 Å². The van der Waals surface area contributed by atoms with E-state index < -0.39 is 15.8 Å². The van der Waals surface area contributed by atoms with Crippen LogP contribution < -0.4 is 0 Å². The molecule has 7 nitrogen and oxygen atoms in total. The Bertz CT molecular complexity index is 853. The highest BCUT2D eigenvalue weighted by Gasteiger charge is 2.25. The van der Waals surface area contributed by atoms with E-state index in [1.54, 1.807) is 0 Å². The van der Waals surface area contributed by atoms with Crippen molar-refractivity contribution in [2.45, 2.75) is 43.4 Å². The minimum Gasteiger partial charge on any atom is -0.505 e. The summed E-state index contributed by atoms with van der Waals surface area (Å²) in [5, 5.41) is 10.1. The first-order valence-corrected chi connectivity index (χ1v) is 9.96. The molecule has 0 amide bonds. The minimum absolute atomic E-state index is 0.0329. The molecule has 0 bridgehead atoms. The van der Waals surface area contributed by atoms with Gasteiger partial charge in [-0.05, 0) is 25.7 Å². The molecule has 1 fully saturated rings. The third-order valence-electron chi connectivity index (χ3n) is 3.74. The van der Waals surface area contributed by atoms with Gasteiger partial charge in [0.25, 0.3) is 0 Å². The van der Waals surface area contributed by atoms with Gasteiger partial charge < -0.3 is 9.84 Å². The van der Waals surface area contributed by atoms with E-state index in [2.05, 4.69) is 9.97 Å². The van der Waals surface area contributed by atoms with Crippen LogP contribution in [0.15, 0.2) is 11.4 Å². The fraction of sp³-hybridized carbons (Fsp3) is 0.500. The van der Waals surface area contributed by atoms with Gasteiger partial charge in [0.15, 0.2) is 10.6 Å². The first kappa shape index (κ1) is 16.1. The lowest BCUT2D eigenvalue weighted by molar-refractivity contribution is 0.0214. The Labute approximate surface area is 137 Å². The molecule has 2 aromatic heterocycles. The molecule has 3 rings (SSSR count). The van der Waals surface area contributed by atoms with Gasteiger partial charge in [0.05, 0.1) is 5.39 Å². The Morgan fingerprint density at radius 3 is 2.70 bits per heavy atom. The number of esters is 1. The fourth-order valence-electron chi connectivity index (χ4n) is 2.56. The van der Waals surface area contributed by atoms with E-state index in [9.17, 15) is 18.3 Å². The molecule has 1 N–H and O–H groups in total. The summed E-state index contributed by atoms with van der Waals surface area (Å²) in [6, 6.07) is 0. The molecule has 0 aromatic carbocycles. The Kier molecular flexibility index (Phi) is 4.24. The smallest absolute Gasteiger partial charge is 0.352 e. The van der Waals surface area contributed by atoms with Gasteiger partial charge in [-0.25, -0.2) is 23.2 Å².